The Kier molecular flexibility index (Phi) is 2.55. The Balaban J connectivity index is 2.45. The van der Waals surface area contributed by atoms with E-state index < -0.39 is 5.69 Å². The van der Waals surface area contributed by atoms with Gasteiger partial charge in [-0.25, -0.2) is 4.79 Å². The van der Waals surface area contributed by atoms with E-state index in [9.17, 15) is 9.59 Å². The number of H-pyrrole nitrogens is 2. The van der Waals surface area contributed by atoms with E-state index >= 15 is 0 Å². The highest BCUT2D eigenvalue weighted by atomic mass is 32.1. The van der Waals surface area contributed by atoms with Crippen LogP contribution in [0.3, 0.4) is 0 Å². The molecule has 0 amide bonds. The highest BCUT2D eigenvalue weighted by Gasteiger charge is 2.06. The van der Waals surface area contributed by atoms with Gasteiger partial charge in [-0.2, -0.15) is 0 Å². The second kappa shape index (κ2) is 3.86. The Hall–Kier alpha value is -1.62. The van der Waals surface area contributed by atoms with Crippen LogP contribution in [0.15, 0.2) is 27.1 Å². The molecule has 2 N–H and O–H groups in total. The second-order valence-electron chi connectivity index (χ2n) is 3.27. The fraction of sp³-hybridized carbons (Fsp3) is 0.200. The number of aromatic amines is 2. The Morgan fingerprint density at radius 3 is 2.73 bits per heavy atom. The van der Waals surface area contributed by atoms with Crippen molar-refractivity contribution in [2.24, 2.45) is 0 Å². The topological polar surface area (TPSA) is 65.7 Å². The molecule has 15 heavy (non-hydrogen) atoms. The van der Waals surface area contributed by atoms with E-state index in [1.54, 1.807) is 18.3 Å². The average Bonchev–Trinajstić information content (AvgIpc) is 2.63. The van der Waals surface area contributed by atoms with Gasteiger partial charge < -0.3 is 4.98 Å². The molecule has 78 valence electrons. The summed E-state index contributed by atoms with van der Waals surface area (Å²) in [6.45, 7) is 1.74. The summed E-state index contributed by atoms with van der Waals surface area (Å²) in [6.07, 6.45) is 0.565. The van der Waals surface area contributed by atoms with Crippen molar-refractivity contribution < 1.29 is 0 Å². The van der Waals surface area contributed by atoms with Crippen LogP contribution >= 0.6 is 11.3 Å². The minimum absolute atomic E-state index is 0.301. The molecule has 2 aromatic heterocycles. The van der Waals surface area contributed by atoms with Gasteiger partial charge in [0.05, 0.1) is 0 Å². The Morgan fingerprint density at radius 1 is 1.33 bits per heavy atom. The standard InChI is InChI=1S/C10H10N2O2S/c1-6-8(5-7-3-2-4-15-7)9(13)12-10(14)11-6/h2-4H,5H2,1H3,(H2,11,12,13,14). The number of aromatic nitrogens is 2. The Morgan fingerprint density at radius 2 is 2.13 bits per heavy atom. The van der Waals surface area contributed by atoms with Gasteiger partial charge in [-0.15, -0.1) is 11.3 Å². The third-order valence-corrected chi connectivity index (χ3v) is 3.06. The Bertz CT molecular complexity index is 566. The lowest BCUT2D eigenvalue weighted by Crippen LogP contribution is -2.27. The smallest absolute Gasteiger partial charge is 0.311 e. The summed E-state index contributed by atoms with van der Waals surface area (Å²) in [5, 5.41) is 1.96. The van der Waals surface area contributed by atoms with Gasteiger partial charge in [-0.05, 0) is 18.4 Å². The number of aryl methyl sites for hydroxylation is 1. The van der Waals surface area contributed by atoms with Gasteiger partial charge in [-0.1, -0.05) is 6.07 Å². The van der Waals surface area contributed by atoms with Crippen LogP contribution in [0.25, 0.3) is 0 Å². The zero-order valence-electron chi connectivity index (χ0n) is 8.16. The van der Waals surface area contributed by atoms with E-state index in [2.05, 4.69) is 9.97 Å². The van der Waals surface area contributed by atoms with Crippen LogP contribution < -0.4 is 11.2 Å². The third kappa shape index (κ3) is 2.07. The molecule has 4 nitrogen and oxygen atoms in total. The summed E-state index contributed by atoms with van der Waals surface area (Å²) in [7, 11) is 0. The second-order valence-corrected chi connectivity index (χ2v) is 4.30. The van der Waals surface area contributed by atoms with Crippen molar-refractivity contribution in [1.82, 2.24) is 9.97 Å². The molecular weight excluding hydrogens is 212 g/mol. The molecule has 5 heteroatoms. The largest absolute Gasteiger partial charge is 0.325 e. The van der Waals surface area contributed by atoms with E-state index in [1.165, 1.54) is 0 Å². The summed E-state index contributed by atoms with van der Waals surface area (Å²) in [4.78, 5) is 28.4. The van der Waals surface area contributed by atoms with Gasteiger partial charge in [0.15, 0.2) is 0 Å². The lowest BCUT2D eigenvalue weighted by Gasteiger charge is -2.01. The van der Waals surface area contributed by atoms with Crippen molar-refractivity contribution in [2.75, 3.05) is 0 Å². The summed E-state index contributed by atoms with van der Waals surface area (Å²) in [5.41, 5.74) is 0.506. The van der Waals surface area contributed by atoms with E-state index in [-0.39, 0.29) is 5.56 Å². The molecule has 0 saturated carbocycles. The van der Waals surface area contributed by atoms with Crippen LogP contribution in [0.5, 0.6) is 0 Å². The fourth-order valence-corrected chi connectivity index (χ4v) is 2.14. The molecule has 0 saturated heterocycles. The molecule has 0 bridgehead atoms. The highest BCUT2D eigenvalue weighted by molar-refractivity contribution is 7.09. The predicted octanol–water partition coefficient (Wildman–Crippen LogP) is 1.02. The van der Waals surface area contributed by atoms with Crippen LogP contribution in [0, 0.1) is 6.92 Å². The first-order valence-electron chi connectivity index (χ1n) is 4.51. The molecule has 0 aliphatic rings. The SMILES string of the molecule is Cc1[nH]c(=O)[nH]c(=O)c1Cc1cccs1. The number of nitrogens with one attached hydrogen (secondary N) is 2. The lowest BCUT2D eigenvalue weighted by atomic mass is 10.1. The van der Waals surface area contributed by atoms with Crippen molar-refractivity contribution in [3.8, 4) is 0 Å². The van der Waals surface area contributed by atoms with Crippen molar-refractivity contribution >= 4 is 11.3 Å². The van der Waals surface area contributed by atoms with Crippen LogP contribution in [0.1, 0.15) is 16.1 Å². The molecule has 0 fully saturated rings. The van der Waals surface area contributed by atoms with Gasteiger partial charge in [0.2, 0.25) is 0 Å². The van der Waals surface area contributed by atoms with Gasteiger partial charge in [0.25, 0.3) is 5.56 Å². The lowest BCUT2D eigenvalue weighted by molar-refractivity contribution is 0.939. The van der Waals surface area contributed by atoms with Crippen molar-refractivity contribution in [1.29, 1.82) is 0 Å². The molecule has 2 rings (SSSR count). The Labute approximate surface area is 89.6 Å². The number of rotatable bonds is 2. The third-order valence-electron chi connectivity index (χ3n) is 2.19. The van der Waals surface area contributed by atoms with E-state index in [4.69, 9.17) is 0 Å². The van der Waals surface area contributed by atoms with Crippen molar-refractivity contribution in [3.05, 3.63) is 54.5 Å². The zero-order chi connectivity index (χ0) is 10.8. The first-order chi connectivity index (χ1) is 7.16. The summed E-state index contributed by atoms with van der Waals surface area (Å²) >= 11 is 1.59. The number of hydrogen-bond donors (Lipinski definition) is 2. The molecular formula is C10H10N2O2S. The molecule has 0 aromatic carbocycles. The monoisotopic (exact) mass is 222 g/mol. The number of hydrogen-bond acceptors (Lipinski definition) is 3. The van der Waals surface area contributed by atoms with Gasteiger partial charge in [-0.3, -0.25) is 9.78 Å². The van der Waals surface area contributed by atoms with Crippen LogP contribution in [-0.4, -0.2) is 9.97 Å². The average molecular weight is 222 g/mol. The maximum absolute atomic E-state index is 11.5. The van der Waals surface area contributed by atoms with Gasteiger partial charge in [0, 0.05) is 22.6 Å². The summed E-state index contributed by atoms with van der Waals surface area (Å²) < 4.78 is 0. The molecule has 2 aromatic rings. The first kappa shape index (κ1) is 9.92. The normalized spacial score (nSPS) is 10.5. The number of thiophene rings is 1. The summed E-state index contributed by atoms with van der Waals surface area (Å²) in [6, 6.07) is 3.91. The maximum Gasteiger partial charge on any atom is 0.325 e. The molecule has 2 heterocycles. The van der Waals surface area contributed by atoms with Gasteiger partial charge >= 0.3 is 5.69 Å². The van der Waals surface area contributed by atoms with Gasteiger partial charge in [0.1, 0.15) is 0 Å². The van der Waals surface area contributed by atoms with Crippen LogP contribution in [0.4, 0.5) is 0 Å². The molecule has 0 radical (unpaired) electrons. The molecule has 0 atom stereocenters. The minimum atomic E-state index is -0.451. The first-order valence-corrected chi connectivity index (χ1v) is 5.39. The van der Waals surface area contributed by atoms with Crippen LogP contribution in [-0.2, 0) is 6.42 Å². The molecule has 0 spiro atoms. The van der Waals surface area contributed by atoms with Crippen molar-refractivity contribution in [2.45, 2.75) is 13.3 Å². The van der Waals surface area contributed by atoms with E-state index in [0.717, 1.165) is 4.88 Å². The van der Waals surface area contributed by atoms with E-state index in [0.29, 0.717) is 17.7 Å². The zero-order valence-corrected chi connectivity index (χ0v) is 8.98. The summed E-state index contributed by atoms with van der Waals surface area (Å²) in [5.74, 6) is 0. The molecule has 0 aliphatic heterocycles. The molecule has 0 unspecified atom stereocenters. The quantitative estimate of drug-likeness (QED) is 0.796. The fourth-order valence-electron chi connectivity index (χ4n) is 1.43. The van der Waals surface area contributed by atoms with Crippen LogP contribution in [0.2, 0.25) is 0 Å². The maximum atomic E-state index is 11.5. The van der Waals surface area contributed by atoms with Crippen molar-refractivity contribution in [3.63, 3.8) is 0 Å². The molecule has 0 aliphatic carbocycles. The minimum Gasteiger partial charge on any atom is -0.311 e. The predicted molar refractivity (Wildman–Crippen MR) is 59.5 cm³/mol. The highest BCUT2D eigenvalue weighted by Crippen LogP contribution is 2.13. The van der Waals surface area contributed by atoms with E-state index in [1.807, 2.05) is 17.5 Å².